The SMILES string of the molecule is CC1CCN(C(Cc2cccc3ccccc23)C(N)=O)C(=O)C(c2cccc(Cl)c2)N1C(=O)CNC(=O)C[N+](C)(C)C. The first-order valence-corrected chi connectivity index (χ1v) is 14.4. The van der Waals surface area contributed by atoms with Crippen molar-refractivity contribution in [1.82, 2.24) is 15.1 Å². The predicted molar refractivity (Wildman–Crippen MR) is 163 cm³/mol. The van der Waals surface area contributed by atoms with E-state index in [9.17, 15) is 19.2 Å². The molecule has 10 heteroatoms. The van der Waals surface area contributed by atoms with E-state index in [0.29, 0.717) is 21.5 Å². The van der Waals surface area contributed by atoms with Gasteiger partial charge in [0, 0.05) is 24.0 Å². The molecule has 0 spiro atoms. The van der Waals surface area contributed by atoms with Crippen molar-refractivity contribution in [2.75, 3.05) is 40.8 Å². The van der Waals surface area contributed by atoms with E-state index < -0.39 is 29.8 Å². The van der Waals surface area contributed by atoms with E-state index in [2.05, 4.69) is 5.32 Å². The highest BCUT2D eigenvalue weighted by Crippen LogP contribution is 2.33. The third-order valence-electron chi connectivity index (χ3n) is 7.56. The first kappa shape index (κ1) is 31.0. The van der Waals surface area contributed by atoms with Crippen LogP contribution in [0.4, 0.5) is 0 Å². The van der Waals surface area contributed by atoms with E-state index in [-0.39, 0.29) is 38.0 Å². The molecule has 1 aliphatic heterocycles. The zero-order valence-electron chi connectivity index (χ0n) is 24.5. The van der Waals surface area contributed by atoms with Crippen LogP contribution in [-0.4, -0.2) is 90.8 Å². The Morgan fingerprint density at radius 3 is 2.43 bits per heavy atom. The van der Waals surface area contributed by atoms with E-state index >= 15 is 0 Å². The van der Waals surface area contributed by atoms with Gasteiger partial charge in [-0.25, -0.2) is 0 Å². The van der Waals surface area contributed by atoms with Crippen LogP contribution in [0.15, 0.2) is 66.7 Å². The van der Waals surface area contributed by atoms with E-state index in [4.69, 9.17) is 17.3 Å². The van der Waals surface area contributed by atoms with Crippen LogP contribution < -0.4 is 11.1 Å². The highest BCUT2D eigenvalue weighted by Gasteiger charge is 2.43. The van der Waals surface area contributed by atoms with Gasteiger partial charge in [-0.1, -0.05) is 66.2 Å². The smallest absolute Gasteiger partial charge is 0.275 e. The summed E-state index contributed by atoms with van der Waals surface area (Å²) in [6.07, 6.45) is 0.648. The average Bonchev–Trinajstić information content (AvgIpc) is 3.05. The van der Waals surface area contributed by atoms with Crippen molar-refractivity contribution in [3.05, 3.63) is 82.9 Å². The minimum absolute atomic E-state index is 0.196. The highest BCUT2D eigenvalue weighted by molar-refractivity contribution is 6.30. The van der Waals surface area contributed by atoms with Gasteiger partial charge in [0.15, 0.2) is 6.54 Å². The van der Waals surface area contributed by atoms with Gasteiger partial charge < -0.3 is 25.3 Å². The first-order chi connectivity index (χ1) is 19.9. The number of likely N-dealkylation sites (N-methyl/N-ethyl adjacent to an activating group) is 1. The Balaban J connectivity index is 1.69. The number of hydrogen-bond donors (Lipinski definition) is 2. The fourth-order valence-corrected chi connectivity index (χ4v) is 5.78. The molecule has 3 atom stereocenters. The number of benzene rings is 3. The fourth-order valence-electron chi connectivity index (χ4n) is 5.58. The normalized spacial score (nSPS) is 18.5. The van der Waals surface area contributed by atoms with Crippen LogP contribution in [0.1, 0.15) is 30.5 Å². The van der Waals surface area contributed by atoms with Crippen LogP contribution in [0.2, 0.25) is 5.02 Å². The standard InChI is InChI=1S/C32H38ClN5O4/c1-21-15-16-36(27(31(34)41)18-23-11-7-10-22-9-5-6-14-26(22)23)32(42)30(24-12-8-13-25(33)17-24)37(21)29(40)19-35-28(39)20-38(2,3)4/h5-14,17,21,27,30H,15-16,18-20H2,1-4H3,(H2-,34,35,39,41)/p+1. The van der Waals surface area contributed by atoms with Gasteiger partial charge in [0.25, 0.3) is 11.8 Å². The third kappa shape index (κ3) is 7.27. The zero-order valence-corrected chi connectivity index (χ0v) is 25.3. The number of nitrogens with two attached hydrogens (primary N) is 1. The van der Waals surface area contributed by atoms with Crippen LogP contribution in [0.3, 0.4) is 0 Å². The summed E-state index contributed by atoms with van der Waals surface area (Å²) >= 11 is 6.33. The molecule has 3 N–H and O–H groups in total. The maximum Gasteiger partial charge on any atom is 0.275 e. The van der Waals surface area contributed by atoms with E-state index in [1.54, 1.807) is 24.3 Å². The summed E-state index contributed by atoms with van der Waals surface area (Å²) in [5.74, 6) is -1.71. The molecule has 1 heterocycles. The van der Waals surface area contributed by atoms with E-state index in [1.165, 1.54) is 9.80 Å². The van der Waals surface area contributed by atoms with Crippen molar-refractivity contribution < 1.29 is 23.7 Å². The lowest BCUT2D eigenvalue weighted by Crippen LogP contribution is -2.53. The molecule has 0 bridgehead atoms. The van der Waals surface area contributed by atoms with Gasteiger partial charge in [-0.15, -0.1) is 0 Å². The lowest BCUT2D eigenvalue weighted by Gasteiger charge is -2.36. The number of fused-ring (bicyclic) bond motifs is 1. The Hall–Kier alpha value is -3.95. The number of halogens is 1. The predicted octanol–water partition coefficient (Wildman–Crippen LogP) is 2.90. The average molecular weight is 593 g/mol. The molecule has 1 saturated heterocycles. The second-order valence-corrected chi connectivity index (χ2v) is 12.4. The second-order valence-electron chi connectivity index (χ2n) is 11.9. The molecule has 0 saturated carbocycles. The topological polar surface area (TPSA) is 113 Å². The Bertz CT molecular complexity index is 1480. The third-order valence-corrected chi connectivity index (χ3v) is 7.80. The largest absolute Gasteiger partial charge is 0.368 e. The molecule has 222 valence electrons. The molecule has 1 aliphatic rings. The van der Waals surface area contributed by atoms with Crippen LogP contribution in [0, 0.1) is 0 Å². The molecular weight excluding hydrogens is 554 g/mol. The van der Waals surface area contributed by atoms with Crippen molar-refractivity contribution in [3.8, 4) is 0 Å². The Morgan fingerprint density at radius 2 is 1.74 bits per heavy atom. The lowest BCUT2D eigenvalue weighted by atomic mass is 9.96. The number of rotatable bonds is 9. The van der Waals surface area contributed by atoms with Crippen molar-refractivity contribution in [2.45, 2.75) is 37.9 Å². The molecular formula is C32H39ClN5O4+. The molecule has 4 amide bonds. The number of carbonyl (C=O) groups excluding carboxylic acids is 4. The first-order valence-electron chi connectivity index (χ1n) is 14.1. The monoisotopic (exact) mass is 592 g/mol. The van der Waals surface area contributed by atoms with Crippen LogP contribution in [-0.2, 0) is 25.6 Å². The maximum absolute atomic E-state index is 14.4. The quantitative estimate of drug-likeness (QED) is 0.372. The Morgan fingerprint density at radius 1 is 1.05 bits per heavy atom. The number of carbonyl (C=O) groups is 4. The molecule has 3 aromatic carbocycles. The molecule has 42 heavy (non-hydrogen) atoms. The minimum Gasteiger partial charge on any atom is -0.368 e. The molecule has 9 nitrogen and oxygen atoms in total. The minimum atomic E-state index is -1.06. The second kappa shape index (κ2) is 12.9. The van der Waals surface area contributed by atoms with Gasteiger partial charge in [-0.3, -0.25) is 19.2 Å². The molecule has 0 radical (unpaired) electrons. The number of quaternary nitrogens is 1. The Labute approximate surface area is 251 Å². The maximum atomic E-state index is 14.4. The van der Waals surface area contributed by atoms with Crippen LogP contribution in [0.5, 0.6) is 0 Å². The van der Waals surface area contributed by atoms with Gasteiger partial charge in [-0.2, -0.15) is 0 Å². The van der Waals surface area contributed by atoms with Gasteiger partial charge >= 0.3 is 0 Å². The summed E-state index contributed by atoms with van der Waals surface area (Å²) in [5.41, 5.74) is 7.37. The number of amides is 4. The summed E-state index contributed by atoms with van der Waals surface area (Å²) in [5, 5.41) is 5.12. The number of nitrogens with zero attached hydrogens (tertiary/aromatic N) is 3. The van der Waals surface area contributed by atoms with Crippen LogP contribution >= 0.6 is 11.6 Å². The zero-order chi connectivity index (χ0) is 30.6. The lowest BCUT2D eigenvalue weighted by molar-refractivity contribution is -0.862. The van der Waals surface area contributed by atoms with Crippen molar-refractivity contribution in [3.63, 3.8) is 0 Å². The number of primary amides is 1. The van der Waals surface area contributed by atoms with Gasteiger partial charge in [0.2, 0.25) is 11.8 Å². The van der Waals surface area contributed by atoms with Crippen molar-refractivity contribution >= 4 is 46.0 Å². The summed E-state index contributed by atoms with van der Waals surface area (Å²) in [7, 11) is 5.65. The Kier molecular flexibility index (Phi) is 9.53. The van der Waals surface area contributed by atoms with Crippen molar-refractivity contribution in [1.29, 1.82) is 0 Å². The van der Waals surface area contributed by atoms with E-state index in [0.717, 1.165) is 16.3 Å². The highest BCUT2D eigenvalue weighted by atomic mass is 35.5. The number of hydrogen-bond acceptors (Lipinski definition) is 4. The summed E-state index contributed by atoms with van der Waals surface area (Å²) in [6.45, 7) is 2.03. The van der Waals surface area contributed by atoms with Gasteiger partial charge in [0.05, 0.1) is 27.7 Å². The van der Waals surface area contributed by atoms with Gasteiger partial charge in [0.1, 0.15) is 12.1 Å². The molecule has 0 aromatic heterocycles. The summed E-state index contributed by atoms with van der Waals surface area (Å²) < 4.78 is 0.407. The van der Waals surface area contributed by atoms with E-state index in [1.807, 2.05) is 70.5 Å². The molecule has 4 rings (SSSR count). The molecule has 1 fully saturated rings. The fraction of sp³-hybridized carbons (Fsp3) is 0.375. The summed E-state index contributed by atoms with van der Waals surface area (Å²) in [6, 6.07) is 18.1. The van der Waals surface area contributed by atoms with Crippen molar-refractivity contribution in [2.24, 2.45) is 5.73 Å². The molecule has 3 unspecified atom stereocenters. The van der Waals surface area contributed by atoms with Crippen LogP contribution in [0.25, 0.3) is 10.8 Å². The molecule has 0 aliphatic carbocycles. The molecule has 3 aromatic rings. The number of nitrogens with one attached hydrogen (secondary N) is 1. The summed E-state index contributed by atoms with van der Waals surface area (Å²) in [4.78, 5) is 56.6. The van der Waals surface area contributed by atoms with Gasteiger partial charge in [-0.05, 0) is 47.4 Å².